The van der Waals surface area contributed by atoms with Gasteiger partial charge in [-0.25, -0.2) is 4.79 Å². The fourth-order valence-corrected chi connectivity index (χ4v) is 4.80. The third-order valence-corrected chi connectivity index (χ3v) is 6.88. The maximum atomic E-state index is 13.2. The van der Waals surface area contributed by atoms with Gasteiger partial charge in [-0.2, -0.15) is 9.78 Å². The molecule has 3 N–H and O–H groups in total. The highest BCUT2D eigenvalue weighted by Gasteiger charge is 2.26. The Bertz CT molecular complexity index is 1410. The minimum absolute atomic E-state index is 0.0109. The van der Waals surface area contributed by atoms with E-state index in [4.69, 9.17) is 11.6 Å². The lowest BCUT2D eigenvalue weighted by Gasteiger charge is -2.12. The Morgan fingerprint density at radius 3 is 2.43 bits per heavy atom. The minimum Gasteiger partial charge on any atom is -0.507 e. The molecular weight excluding hydrogens is 488 g/mol. The number of phenols is 1. The summed E-state index contributed by atoms with van der Waals surface area (Å²) in [6, 6.07) is 22.6. The molecule has 1 aliphatic rings. The number of benzene rings is 3. The van der Waals surface area contributed by atoms with Crippen LogP contribution in [0.2, 0.25) is 5.02 Å². The number of amides is 2. The van der Waals surface area contributed by atoms with Crippen LogP contribution in [0.4, 0.5) is 10.5 Å². The summed E-state index contributed by atoms with van der Waals surface area (Å²) in [6.07, 6.45) is 4.18. The molecule has 0 atom stereocenters. The fraction of sp³-hybridized carbons (Fsp3) is 0.207. The molecule has 0 spiro atoms. The molecule has 0 aliphatic heterocycles. The van der Waals surface area contributed by atoms with Gasteiger partial charge in [-0.05, 0) is 66.9 Å². The number of hydrogen-bond acceptors (Lipinski definition) is 4. The van der Waals surface area contributed by atoms with E-state index in [2.05, 4.69) is 15.7 Å². The van der Waals surface area contributed by atoms with Crippen molar-refractivity contribution in [1.82, 2.24) is 15.1 Å². The summed E-state index contributed by atoms with van der Waals surface area (Å²) >= 11 is 5.92. The van der Waals surface area contributed by atoms with Gasteiger partial charge in [0.15, 0.2) is 0 Å². The molecule has 188 valence electrons. The predicted molar refractivity (Wildman–Crippen MR) is 144 cm³/mol. The molecule has 8 heteroatoms. The number of phenolic OH excluding ortho intramolecular Hbond substituents is 1. The maximum absolute atomic E-state index is 13.2. The standard InChI is InChI=1S/C29H27ClN4O3/c30-22-12-10-21(11-13-22)28(36)32-23-14-15-27(35)24(16-23)25-17-26(20-8-4-5-9-20)34(33-25)29(37)31-18-19-6-2-1-3-7-19/h1-3,6-7,10-17,20,35H,4-5,8-9,18H2,(H,31,37)(H,32,36). The molecule has 1 saturated carbocycles. The molecule has 7 nitrogen and oxygen atoms in total. The van der Waals surface area contributed by atoms with Gasteiger partial charge in [-0.1, -0.05) is 54.8 Å². The van der Waals surface area contributed by atoms with Crippen molar-refractivity contribution in [3.63, 3.8) is 0 Å². The number of aromatic hydroxyl groups is 1. The van der Waals surface area contributed by atoms with Crippen LogP contribution in [0.5, 0.6) is 5.75 Å². The van der Waals surface area contributed by atoms with Gasteiger partial charge in [0.1, 0.15) is 5.75 Å². The lowest BCUT2D eigenvalue weighted by atomic mass is 10.0. The monoisotopic (exact) mass is 514 g/mol. The van der Waals surface area contributed by atoms with E-state index in [1.807, 2.05) is 36.4 Å². The van der Waals surface area contributed by atoms with Crippen LogP contribution in [-0.2, 0) is 6.54 Å². The van der Waals surface area contributed by atoms with E-state index in [9.17, 15) is 14.7 Å². The van der Waals surface area contributed by atoms with E-state index in [-0.39, 0.29) is 23.6 Å². The zero-order valence-corrected chi connectivity index (χ0v) is 20.9. The van der Waals surface area contributed by atoms with Crippen molar-refractivity contribution in [2.24, 2.45) is 0 Å². The first-order valence-corrected chi connectivity index (χ1v) is 12.7. The lowest BCUT2D eigenvalue weighted by molar-refractivity contribution is 0.102. The molecule has 2 amide bonds. The lowest BCUT2D eigenvalue weighted by Crippen LogP contribution is -2.30. The Labute approximate surface area is 220 Å². The topological polar surface area (TPSA) is 96.2 Å². The molecule has 1 aliphatic carbocycles. The van der Waals surface area contributed by atoms with Crippen LogP contribution in [0.25, 0.3) is 11.3 Å². The zero-order valence-electron chi connectivity index (χ0n) is 20.2. The van der Waals surface area contributed by atoms with Gasteiger partial charge in [-0.3, -0.25) is 4.79 Å². The summed E-state index contributed by atoms with van der Waals surface area (Å²) in [4.78, 5) is 25.9. The highest BCUT2D eigenvalue weighted by Crippen LogP contribution is 2.38. The Morgan fingerprint density at radius 1 is 0.973 bits per heavy atom. The number of nitrogens with zero attached hydrogens (tertiary/aromatic N) is 2. The van der Waals surface area contributed by atoms with Gasteiger partial charge in [0.25, 0.3) is 5.91 Å². The number of aromatic nitrogens is 2. The SMILES string of the molecule is O=C(Nc1ccc(O)c(-c2cc(C3CCCC3)n(C(=O)NCc3ccccc3)n2)c1)c1ccc(Cl)cc1. The second kappa shape index (κ2) is 10.9. The van der Waals surface area contributed by atoms with E-state index >= 15 is 0 Å². The first kappa shape index (κ1) is 24.6. The molecular formula is C29H27ClN4O3. The minimum atomic E-state index is -0.316. The van der Waals surface area contributed by atoms with E-state index in [1.54, 1.807) is 36.4 Å². The van der Waals surface area contributed by atoms with Gasteiger partial charge in [0.2, 0.25) is 0 Å². The molecule has 1 fully saturated rings. The van der Waals surface area contributed by atoms with E-state index in [0.29, 0.717) is 34.1 Å². The summed E-state index contributed by atoms with van der Waals surface area (Å²) in [7, 11) is 0. The van der Waals surface area contributed by atoms with Crippen LogP contribution in [0.1, 0.15) is 53.2 Å². The fourth-order valence-electron chi connectivity index (χ4n) is 4.67. The van der Waals surface area contributed by atoms with Crippen molar-refractivity contribution in [2.75, 3.05) is 5.32 Å². The van der Waals surface area contributed by atoms with E-state index in [0.717, 1.165) is 36.9 Å². The van der Waals surface area contributed by atoms with Crippen LogP contribution < -0.4 is 10.6 Å². The predicted octanol–water partition coefficient (Wildman–Crippen LogP) is 6.58. The smallest absolute Gasteiger partial charge is 0.342 e. The summed E-state index contributed by atoms with van der Waals surface area (Å²) in [5.74, 6) is -0.0683. The first-order chi connectivity index (χ1) is 18.0. The van der Waals surface area contributed by atoms with Crippen molar-refractivity contribution < 1.29 is 14.7 Å². The molecule has 4 aromatic rings. The number of carbonyl (C=O) groups excluding carboxylic acids is 2. The van der Waals surface area contributed by atoms with Crippen molar-refractivity contribution in [3.05, 3.63) is 101 Å². The normalized spacial score (nSPS) is 13.4. The van der Waals surface area contributed by atoms with Crippen LogP contribution in [0, 0.1) is 0 Å². The molecule has 5 rings (SSSR count). The average molecular weight is 515 g/mol. The van der Waals surface area contributed by atoms with Gasteiger partial charge in [0, 0.05) is 34.3 Å². The van der Waals surface area contributed by atoms with E-state index < -0.39 is 0 Å². The third kappa shape index (κ3) is 5.67. The molecule has 0 saturated heterocycles. The highest BCUT2D eigenvalue weighted by atomic mass is 35.5. The van der Waals surface area contributed by atoms with Crippen molar-refractivity contribution in [2.45, 2.75) is 38.1 Å². The number of rotatable bonds is 6. The number of halogens is 1. The number of hydrogen-bond donors (Lipinski definition) is 3. The Kier molecular flexibility index (Phi) is 7.23. The summed E-state index contributed by atoms with van der Waals surface area (Å²) in [6.45, 7) is 0.385. The Balaban J connectivity index is 1.42. The van der Waals surface area contributed by atoms with E-state index in [1.165, 1.54) is 10.7 Å². The maximum Gasteiger partial charge on any atom is 0.342 e. The van der Waals surface area contributed by atoms with Crippen molar-refractivity contribution >= 4 is 29.2 Å². The van der Waals surface area contributed by atoms with Gasteiger partial charge in [-0.15, -0.1) is 0 Å². The van der Waals surface area contributed by atoms with Gasteiger partial charge >= 0.3 is 6.03 Å². The largest absolute Gasteiger partial charge is 0.507 e. The van der Waals surface area contributed by atoms with Crippen LogP contribution in [-0.4, -0.2) is 26.8 Å². The van der Waals surface area contributed by atoms with Gasteiger partial charge < -0.3 is 15.7 Å². The van der Waals surface area contributed by atoms with Crippen LogP contribution >= 0.6 is 11.6 Å². The second-order valence-corrected chi connectivity index (χ2v) is 9.62. The molecule has 0 unspecified atom stereocenters. The molecule has 0 radical (unpaired) electrons. The van der Waals surface area contributed by atoms with Gasteiger partial charge in [0.05, 0.1) is 11.4 Å². The summed E-state index contributed by atoms with van der Waals surface area (Å²) in [5.41, 5.74) is 3.68. The number of nitrogens with one attached hydrogen (secondary N) is 2. The van der Waals surface area contributed by atoms with Crippen molar-refractivity contribution in [3.8, 4) is 17.0 Å². The quantitative estimate of drug-likeness (QED) is 0.253. The van der Waals surface area contributed by atoms with Crippen LogP contribution in [0.15, 0.2) is 78.9 Å². The average Bonchev–Trinajstić information content (AvgIpc) is 3.60. The highest BCUT2D eigenvalue weighted by molar-refractivity contribution is 6.30. The molecule has 1 heterocycles. The molecule has 3 aromatic carbocycles. The molecule has 37 heavy (non-hydrogen) atoms. The summed E-state index contributed by atoms with van der Waals surface area (Å²) in [5, 5.41) is 21.6. The Hall–Kier alpha value is -4.10. The summed E-state index contributed by atoms with van der Waals surface area (Å²) < 4.78 is 1.42. The zero-order chi connectivity index (χ0) is 25.8. The number of anilines is 1. The first-order valence-electron chi connectivity index (χ1n) is 12.3. The molecule has 1 aromatic heterocycles. The number of carbonyl (C=O) groups is 2. The van der Waals surface area contributed by atoms with Crippen molar-refractivity contribution in [1.29, 1.82) is 0 Å². The molecule has 0 bridgehead atoms. The third-order valence-electron chi connectivity index (χ3n) is 6.63. The second-order valence-electron chi connectivity index (χ2n) is 9.18. The Morgan fingerprint density at radius 2 is 1.70 bits per heavy atom. The van der Waals surface area contributed by atoms with Crippen LogP contribution in [0.3, 0.4) is 0 Å².